The van der Waals surface area contributed by atoms with Gasteiger partial charge in [0.25, 0.3) is 22.7 Å². The smallest absolute Gasteiger partial charge is 0.272 e. The zero-order valence-corrected chi connectivity index (χ0v) is 15.2. The van der Waals surface area contributed by atoms with Crippen LogP contribution in [0.3, 0.4) is 0 Å². The zero-order valence-electron chi connectivity index (χ0n) is 14.4. The Morgan fingerprint density at radius 3 is 2.52 bits per heavy atom. The lowest BCUT2D eigenvalue weighted by molar-refractivity contribution is -0.384. The molecule has 4 N–H and O–H groups in total. The number of nitrogens with zero attached hydrogens (tertiary/aromatic N) is 1. The highest BCUT2D eigenvalue weighted by atomic mass is 35.5. The Hall–Kier alpha value is -3.99. The van der Waals surface area contributed by atoms with Crippen LogP contribution in [0.5, 0.6) is 0 Å². The highest BCUT2D eigenvalue weighted by Crippen LogP contribution is 2.22. The molecule has 29 heavy (non-hydrogen) atoms. The Balaban J connectivity index is 1.73. The fraction of sp³-hybridized carbons (Fsp3) is 0.0588. The fourth-order valence-corrected chi connectivity index (χ4v) is 2.85. The van der Waals surface area contributed by atoms with Gasteiger partial charge in [0.05, 0.1) is 38.5 Å². The highest BCUT2D eigenvalue weighted by molar-refractivity contribution is 6.34. The van der Waals surface area contributed by atoms with Crippen LogP contribution >= 0.6 is 11.6 Å². The number of halogens is 1. The van der Waals surface area contributed by atoms with Crippen molar-refractivity contribution in [2.75, 3.05) is 11.9 Å². The first-order valence-corrected chi connectivity index (χ1v) is 8.41. The standard InChI is InChI=1S/C17H12ClN5O6/c18-11-6-8(23(28)29)4-5-9(11)15(25)19-7-13(24)20-12-3-1-2-10-14(12)17(27)22-21-16(10)26/h1-6H,7H2,(H,19,25)(H,20,24)(H,21,26)(H,22,27). The summed E-state index contributed by atoms with van der Waals surface area (Å²) in [5.41, 5.74) is -1.35. The molecule has 0 saturated heterocycles. The molecule has 0 saturated carbocycles. The van der Waals surface area contributed by atoms with E-state index in [0.717, 1.165) is 12.1 Å². The van der Waals surface area contributed by atoms with Gasteiger partial charge >= 0.3 is 0 Å². The molecular weight excluding hydrogens is 406 g/mol. The molecule has 0 atom stereocenters. The molecule has 3 aromatic rings. The van der Waals surface area contributed by atoms with Gasteiger partial charge < -0.3 is 10.6 Å². The van der Waals surface area contributed by atoms with Gasteiger partial charge in [0.1, 0.15) is 0 Å². The van der Waals surface area contributed by atoms with Crippen molar-refractivity contribution in [2.45, 2.75) is 0 Å². The lowest BCUT2D eigenvalue weighted by Gasteiger charge is -2.09. The number of aromatic nitrogens is 2. The summed E-state index contributed by atoms with van der Waals surface area (Å²) >= 11 is 5.87. The Kier molecular flexibility index (Phi) is 5.41. The third-order valence-corrected chi connectivity index (χ3v) is 4.23. The number of carbonyl (C=O) groups excluding carboxylic acids is 2. The number of nitrogens with one attached hydrogen (secondary N) is 4. The first-order valence-electron chi connectivity index (χ1n) is 8.03. The summed E-state index contributed by atoms with van der Waals surface area (Å²) in [6.07, 6.45) is 0. The van der Waals surface area contributed by atoms with Crippen LogP contribution in [-0.2, 0) is 4.79 Å². The Labute approximate surface area is 165 Å². The van der Waals surface area contributed by atoms with Crippen molar-refractivity contribution < 1.29 is 14.5 Å². The van der Waals surface area contributed by atoms with E-state index in [2.05, 4.69) is 20.8 Å². The number of anilines is 1. The van der Waals surface area contributed by atoms with E-state index in [0.29, 0.717) is 0 Å². The van der Waals surface area contributed by atoms with Crippen LogP contribution in [0.2, 0.25) is 5.02 Å². The third-order valence-electron chi connectivity index (χ3n) is 3.92. The Morgan fingerprint density at radius 1 is 1.10 bits per heavy atom. The van der Waals surface area contributed by atoms with E-state index in [9.17, 15) is 29.3 Å². The number of hydrogen-bond donors (Lipinski definition) is 4. The molecule has 0 unspecified atom stereocenters. The highest BCUT2D eigenvalue weighted by Gasteiger charge is 2.16. The number of carbonyl (C=O) groups is 2. The lowest BCUT2D eigenvalue weighted by Crippen LogP contribution is -2.33. The summed E-state index contributed by atoms with van der Waals surface area (Å²) in [6, 6.07) is 7.66. The number of benzene rings is 2. The summed E-state index contributed by atoms with van der Waals surface area (Å²) in [6.45, 7) is -0.469. The van der Waals surface area contributed by atoms with Crippen molar-refractivity contribution in [1.29, 1.82) is 0 Å². The van der Waals surface area contributed by atoms with E-state index >= 15 is 0 Å². The SMILES string of the molecule is O=C(CNC(=O)c1ccc([N+](=O)[O-])cc1Cl)Nc1cccc2c(=O)[nH][nH]c(=O)c12. The van der Waals surface area contributed by atoms with Crippen molar-refractivity contribution in [2.24, 2.45) is 0 Å². The molecule has 0 aliphatic carbocycles. The van der Waals surface area contributed by atoms with E-state index in [1.54, 1.807) is 0 Å². The van der Waals surface area contributed by atoms with Crippen molar-refractivity contribution in [3.05, 3.63) is 77.8 Å². The molecule has 12 heteroatoms. The summed E-state index contributed by atoms with van der Waals surface area (Å²) in [4.78, 5) is 58.2. The molecular formula is C17H12ClN5O6. The number of hydrogen-bond acceptors (Lipinski definition) is 6. The monoisotopic (exact) mass is 417 g/mol. The first kappa shape index (κ1) is 19.8. The maximum Gasteiger partial charge on any atom is 0.272 e. The molecule has 148 valence electrons. The minimum Gasteiger partial charge on any atom is -0.343 e. The maximum atomic E-state index is 12.2. The van der Waals surface area contributed by atoms with Gasteiger partial charge in [-0.15, -0.1) is 0 Å². The van der Waals surface area contributed by atoms with Crippen molar-refractivity contribution in [1.82, 2.24) is 15.5 Å². The largest absolute Gasteiger partial charge is 0.343 e. The van der Waals surface area contributed by atoms with Crippen molar-refractivity contribution in [3.8, 4) is 0 Å². The van der Waals surface area contributed by atoms with Crippen LogP contribution in [0, 0.1) is 10.1 Å². The van der Waals surface area contributed by atoms with Gasteiger partial charge in [-0.05, 0) is 18.2 Å². The fourth-order valence-electron chi connectivity index (χ4n) is 2.59. The number of non-ortho nitro benzene ring substituents is 1. The van der Waals surface area contributed by atoms with Gasteiger partial charge in [0, 0.05) is 12.1 Å². The molecule has 1 aromatic heterocycles. The molecule has 3 rings (SSSR count). The average Bonchev–Trinajstić information content (AvgIpc) is 2.69. The van der Waals surface area contributed by atoms with Gasteiger partial charge in [-0.3, -0.25) is 39.5 Å². The predicted molar refractivity (Wildman–Crippen MR) is 104 cm³/mol. The second-order valence-electron chi connectivity index (χ2n) is 5.79. The quantitative estimate of drug-likeness (QED) is 0.358. The van der Waals surface area contributed by atoms with Gasteiger partial charge in [0.15, 0.2) is 0 Å². The van der Waals surface area contributed by atoms with Gasteiger partial charge in [-0.25, -0.2) is 0 Å². The van der Waals surface area contributed by atoms with Crippen LogP contribution in [-0.4, -0.2) is 33.5 Å². The molecule has 0 spiro atoms. The van der Waals surface area contributed by atoms with Gasteiger partial charge in [-0.2, -0.15) is 0 Å². The van der Waals surface area contributed by atoms with Crippen LogP contribution < -0.4 is 21.8 Å². The number of H-pyrrole nitrogens is 2. The number of rotatable bonds is 5. The van der Waals surface area contributed by atoms with E-state index in [1.165, 1.54) is 24.3 Å². The Bertz CT molecular complexity index is 1270. The molecule has 0 bridgehead atoms. The molecule has 2 amide bonds. The first-order chi connectivity index (χ1) is 13.8. The van der Waals surface area contributed by atoms with E-state index in [-0.39, 0.29) is 32.7 Å². The average molecular weight is 418 g/mol. The normalized spacial score (nSPS) is 10.5. The maximum absolute atomic E-state index is 12.2. The zero-order chi connectivity index (χ0) is 21.1. The van der Waals surface area contributed by atoms with Crippen molar-refractivity contribution in [3.63, 3.8) is 0 Å². The third kappa shape index (κ3) is 4.14. The summed E-state index contributed by atoms with van der Waals surface area (Å²) in [5.74, 6) is -1.38. The predicted octanol–water partition coefficient (Wildman–Crippen LogP) is 1.15. The second-order valence-corrected chi connectivity index (χ2v) is 6.20. The number of amides is 2. The molecule has 0 aliphatic rings. The summed E-state index contributed by atoms with van der Waals surface area (Å²) in [7, 11) is 0. The minimum absolute atomic E-state index is 0.00524. The van der Waals surface area contributed by atoms with Gasteiger partial charge in [0.2, 0.25) is 5.91 Å². The van der Waals surface area contributed by atoms with Gasteiger partial charge in [-0.1, -0.05) is 17.7 Å². The van der Waals surface area contributed by atoms with E-state index < -0.39 is 34.4 Å². The summed E-state index contributed by atoms with van der Waals surface area (Å²) < 4.78 is 0. The van der Waals surface area contributed by atoms with Crippen molar-refractivity contribution >= 4 is 45.6 Å². The molecule has 11 nitrogen and oxygen atoms in total. The molecule has 0 radical (unpaired) electrons. The number of fused-ring (bicyclic) bond motifs is 1. The second kappa shape index (κ2) is 7.94. The molecule has 1 heterocycles. The number of nitro benzene ring substituents is 1. The van der Waals surface area contributed by atoms with Crippen LogP contribution in [0.4, 0.5) is 11.4 Å². The van der Waals surface area contributed by atoms with E-state index in [4.69, 9.17) is 11.6 Å². The minimum atomic E-state index is -0.716. The Morgan fingerprint density at radius 2 is 1.83 bits per heavy atom. The van der Waals surface area contributed by atoms with E-state index in [1.807, 2.05) is 0 Å². The molecule has 2 aromatic carbocycles. The number of nitro groups is 1. The molecule has 0 fully saturated rings. The van der Waals surface area contributed by atoms with Crippen LogP contribution in [0.1, 0.15) is 10.4 Å². The molecule has 0 aliphatic heterocycles. The van der Waals surface area contributed by atoms with Crippen LogP contribution in [0.25, 0.3) is 10.8 Å². The topological polar surface area (TPSA) is 167 Å². The lowest BCUT2D eigenvalue weighted by atomic mass is 10.1. The summed E-state index contributed by atoms with van der Waals surface area (Å²) in [5, 5.41) is 19.8. The van der Waals surface area contributed by atoms with Crippen LogP contribution in [0.15, 0.2) is 46.0 Å². The number of aromatic amines is 2.